The zero-order valence-corrected chi connectivity index (χ0v) is 15.1. The smallest absolute Gasteiger partial charge is 0.220 e. The van der Waals surface area contributed by atoms with Crippen molar-refractivity contribution in [3.63, 3.8) is 0 Å². The van der Waals surface area contributed by atoms with Gasteiger partial charge in [-0.25, -0.2) is 0 Å². The third kappa shape index (κ3) is 7.67. The fourth-order valence-corrected chi connectivity index (χ4v) is 3.94. The van der Waals surface area contributed by atoms with Crippen LogP contribution in [0.25, 0.3) is 0 Å². The first kappa shape index (κ1) is 18.7. The molecule has 2 aliphatic rings. The van der Waals surface area contributed by atoms with Gasteiger partial charge < -0.3 is 15.5 Å². The number of nitrogens with one attached hydrogen (secondary N) is 2. The molecule has 2 unspecified atom stereocenters. The number of carbonyl (C=O) groups is 1. The second kappa shape index (κ2) is 11.0. The molecule has 2 N–H and O–H groups in total. The van der Waals surface area contributed by atoms with E-state index in [-0.39, 0.29) is 5.91 Å². The summed E-state index contributed by atoms with van der Waals surface area (Å²) >= 11 is 0. The lowest BCUT2D eigenvalue weighted by Crippen LogP contribution is -2.35. The van der Waals surface area contributed by atoms with Crippen LogP contribution in [0.4, 0.5) is 0 Å². The van der Waals surface area contributed by atoms with Crippen LogP contribution in [0.2, 0.25) is 0 Å². The van der Waals surface area contributed by atoms with Gasteiger partial charge in [0, 0.05) is 13.0 Å². The fraction of sp³-hybridized carbons (Fsp3) is 0.947. The van der Waals surface area contributed by atoms with Gasteiger partial charge in [0.05, 0.1) is 0 Å². The minimum absolute atomic E-state index is 0.249. The highest BCUT2D eigenvalue weighted by molar-refractivity contribution is 5.76. The van der Waals surface area contributed by atoms with Crippen molar-refractivity contribution in [3.05, 3.63) is 0 Å². The lowest BCUT2D eigenvalue weighted by atomic mass is 9.85. The van der Waals surface area contributed by atoms with E-state index in [0.29, 0.717) is 18.3 Å². The quantitative estimate of drug-likeness (QED) is 0.641. The summed E-state index contributed by atoms with van der Waals surface area (Å²) in [7, 11) is 0. The number of carbonyl (C=O) groups excluding carboxylic acids is 1. The minimum Gasteiger partial charge on any atom is -0.356 e. The number of rotatable bonds is 9. The second-order valence-electron chi connectivity index (χ2n) is 7.60. The molecule has 2 rings (SSSR count). The molecule has 4 nitrogen and oxygen atoms in total. The summed E-state index contributed by atoms with van der Waals surface area (Å²) in [6.07, 6.45) is 11.0. The Hall–Kier alpha value is -0.610. The lowest BCUT2D eigenvalue weighted by molar-refractivity contribution is -0.122. The van der Waals surface area contributed by atoms with E-state index < -0.39 is 0 Å². The van der Waals surface area contributed by atoms with Crippen LogP contribution in [0.5, 0.6) is 0 Å². The summed E-state index contributed by atoms with van der Waals surface area (Å²) in [4.78, 5) is 14.6. The normalized spacial score (nSPS) is 24.3. The van der Waals surface area contributed by atoms with E-state index in [1.165, 1.54) is 64.6 Å². The first-order chi connectivity index (χ1) is 11.3. The summed E-state index contributed by atoms with van der Waals surface area (Å²) < 4.78 is 0. The molecule has 0 aromatic rings. The maximum Gasteiger partial charge on any atom is 0.220 e. The van der Waals surface area contributed by atoms with E-state index in [4.69, 9.17) is 0 Å². The van der Waals surface area contributed by atoms with Gasteiger partial charge >= 0.3 is 0 Å². The van der Waals surface area contributed by atoms with Crippen molar-refractivity contribution in [1.82, 2.24) is 15.5 Å². The number of nitrogens with zero attached hydrogens (tertiary/aromatic N) is 1. The number of hydrogen-bond acceptors (Lipinski definition) is 3. The van der Waals surface area contributed by atoms with Crippen LogP contribution in [0.1, 0.15) is 64.7 Å². The predicted molar refractivity (Wildman–Crippen MR) is 96.5 cm³/mol. The van der Waals surface area contributed by atoms with Crippen molar-refractivity contribution < 1.29 is 4.79 Å². The lowest BCUT2D eigenvalue weighted by Gasteiger charge is -2.28. The highest BCUT2D eigenvalue weighted by Crippen LogP contribution is 2.22. The van der Waals surface area contributed by atoms with Crippen LogP contribution < -0.4 is 10.6 Å². The zero-order chi connectivity index (χ0) is 16.3. The third-order valence-corrected chi connectivity index (χ3v) is 5.57. The molecule has 0 aliphatic carbocycles. The Kier molecular flexibility index (Phi) is 8.98. The highest BCUT2D eigenvalue weighted by atomic mass is 16.1. The van der Waals surface area contributed by atoms with E-state index in [2.05, 4.69) is 22.5 Å². The SMILES string of the molecule is CC(CC(=O)NCCCCCN1CCCCC1)C1CCCNC1. The maximum absolute atomic E-state index is 12.0. The Morgan fingerprint density at radius 2 is 2.00 bits per heavy atom. The van der Waals surface area contributed by atoms with Crippen molar-refractivity contribution >= 4 is 5.91 Å². The largest absolute Gasteiger partial charge is 0.356 e. The van der Waals surface area contributed by atoms with Crippen LogP contribution >= 0.6 is 0 Å². The highest BCUT2D eigenvalue weighted by Gasteiger charge is 2.21. The van der Waals surface area contributed by atoms with Gasteiger partial charge in [-0.15, -0.1) is 0 Å². The molecule has 2 atom stereocenters. The molecule has 2 heterocycles. The molecule has 0 saturated carbocycles. The van der Waals surface area contributed by atoms with Crippen LogP contribution in [-0.2, 0) is 4.79 Å². The first-order valence-electron chi connectivity index (χ1n) is 9.95. The Morgan fingerprint density at radius 1 is 1.17 bits per heavy atom. The molecular weight excluding hydrogens is 286 g/mol. The molecule has 0 aromatic heterocycles. The summed E-state index contributed by atoms with van der Waals surface area (Å²) in [5.74, 6) is 1.43. The molecule has 134 valence electrons. The zero-order valence-electron chi connectivity index (χ0n) is 15.1. The molecule has 0 radical (unpaired) electrons. The molecule has 4 heteroatoms. The van der Waals surface area contributed by atoms with E-state index >= 15 is 0 Å². The fourth-order valence-electron chi connectivity index (χ4n) is 3.94. The van der Waals surface area contributed by atoms with Gasteiger partial charge in [-0.1, -0.05) is 19.8 Å². The summed E-state index contributed by atoms with van der Waals surface area (Å²) in [5.41, 5.74) is 0. The van der Waals surface area contributed by atoms with E-state index in [1.807, 2.05) is 0 Å². The van der Waals surface area contributed by atoms with Gasteiger partial charge in [-0.3, -0.25) is 4.79 Å². The van der Waals surface area contributed by atoms with Gasteiger partial charge in [0.25, 0.3) is 0 Å². The number of unbranched alkanes of at least 4 members (excludes halogenated alkanes) is 2. The Labute approximate surface area is 142 Å². The van der Waals surface area contributed by atoms with Gasteiger partial charge in [-0.05, 0) is 83.1 Å². The molecule has 1 amide bonds. The number of amides is 1. The first-order valence-corrected chi connectivity index (χ1v) is 9.95. The predicted octanol–water partition coefficient (Wildman–Crippen LogP) is 2.78. The van der Waals surface area contributed by atoms with Crippen molar-refractivity contribution in [3.8, 4) is 0 Å². The third-order valence-electron chi connectivity index (χ3n) is 5.57. The summed E-state index contributed by atoms with van der Waals surface area (Å²) in [6, 6.07) is 0. The molecule has 0 aromatic carbocycles. The number of piperidine rings is 2. The van der Waals surface area contributed by atoms with Crippen LogP contribution in [0.15, 0.2) is 0 Å². The molecular formula is C19H37N3O. The standard InChI is InChI=1S/C19H37N3O/c1-17(18-9-8-10-20-16-18)15-19(23)21-11-4-2-5-12-22-13-6-3-7-14-22/h17-18,20H,2-16H2,1H3,(H,21,23). The minimum atomic E-state index is 0.249. The van der Waals surface area contributed by atoms with Crippen LogP contribution in [0, 0.1) is 11.8 Å². The topological polar surface area (TPSA) is 44.4 Å². The monoisotopic (exact) mass is 323 g/mol. The Bertz CT molecular complexity index is 323. The van der Waals surface area contributed by atoms with Gasteiger partial charge in [-0.2, -0.15) is 0 Å². The average Bonchev–Trinajstić information content (AvgIpc) is 2.59. The molecule has 2 saturated heterocycles. The van der Waals surface area contributed by atoms with Crippen LogP contribution in [0.3, 0.4) is 0 Å². The molecule has 23 heavy (non-hydrogen) atoms. The Balaban J connectivity index is 1.44. The van der Waals surface area contributed by atoms with Crippen LogP contribution in [-0.4, -0.2) is 50.1 Å². The van der Waals surface area contributed by atoms with E-state index in [0.717, 1.165) is 26.1 Å². The van der Waals surface area contributed by atoms with Gasteiger partial charge in [0.1, 0.15) is 0 Å². The van der Waals surface area contributed by atoms with Crippen molar-refractivity contribution in [2.24, 2.45) is 11.8 Å². The van der Waals surface area contributed by atoms with E-state index in [9.17, 15) is 4.79 Å². The summed E-state index contributed by atoms with van der Waals surface area (Å²) in [5, 5.41) is 6.56. The second-order valence-corrected chi connectivity index (χ2v) is 7.60. The van der Waals surface area contributed by atoms with Crippen molar-refractivity contribution in [1.29, 1.82) is 0 Å². The average molecular weight is 324 g/mol. The molecule has 0 spiro atoms. The van der Waals surface area contributed by atoms with Gasteiger partial charge in [0.2, 0.25) is 5.91 Å². The number of hydrogen-bond donors (Lipinski definition) is 2. The maximum atomic E-state index is 12.0. The molecule has 2 fully saturated rings. The molecule has 2 aliphatic heterocycles. The number of likely N-dealkylation sites (tertiary alicyclic amines) is 1. The molecule has 0 bridgehead atoms. The van der Waals surface area contributed by atoms with Crippen molar-refractivity contribution in [2.45, 2.75) is 64.7 Å². The van der Waals surface area contributed by atoms with Crippen molar-refractivity contribution in [2.75, 3.05) is 39.3 Å². The Morgan fingerprint density at radius 3 is 2.74 bits per heavy atom. The van der Waals surface area contributed by atoms with E-state index in [1.54, 1.807) is 0 Å². The van der Waals surface area contributed by atoms with Gasteiger partial charge in [0.15, 0.2) is 0 Å². The summed E-state index contributed by atoms with van der Waals surface area (Å²) in [6.45, 7) is 9.16.